The first-order valence-corrected chi connectivity index (χ1v) is 7.90. The van der Waals surface area contributed by atoms with Crippen molar-refractivity contribution in [3.8, 4) is 0 Å². The van der Waals surface area contributed by atoms with Crippen LogP contribution in [0.25, 0.3) is 0 Å². The summed E-state index contributed by atoms with van der Waals surface area (Å²) in [5.41, 5.74) is 2.95. The van der Waals surface area contributed by atoms with Gasteiger partial charge in [0.1, 0.15) is 0 Å². The average Bonchev–Trinajstić information content (AvgIpc) is 2.81. The third kappa shape index (κ3) is 2.73. The van der Waals surface area contributed by atoms with E-state index < -0.39 is 0 Å². The molecular weight excluding hydrogens is 278 g/mol. The van der Waals surface area contributed by atoms with Crippen LogP contribution in [0, 0.1) is 0 Å². The normalized spacial score (nSPS) is 23.4. The number of urea groups is 1. The van der Waals surface area contributed by atoms with Crippen LogP contribution in [0.2, 0.25) is 0 Å². The fourth-order valence-corrected chi connectivity index (χ4v) is 3.46. The molecule has 1 heterocycles. The summed E-state index contributed by atoms with van der Waals surface area (Å²) in [4.78, 5) is 24.4. The Bertz CT molecular complexity index is 581. The summed E-state index contributed by atoms with van der Waals surface area (Å²) in [6.07, 6.45) is 2.20. The SMILES string of the molecule is CC1(C)CC[C@@H](NCCN2C(=O)CNC2=O)c2ccccc21. The summed E-state index contributed by atoms with van der Waals surface area (Å²) in [6.45, 7) is 5.75. The number of rotatable bonds is 4. The van der Waals surface area contributed by atoms with Gasteiger partial charge in [-0.15, -0.1) is 0 Å². The minimum Gasteiger partial charge on any atom is -0.329 e. The maximum absolute atomic E-state index is 11.6. The zero-order valence-corrected chi connectivity index (χ0v) is 13.2. The van der Waals surface area contributed by atoms with Crippen LogP contribution in [-0.2, 0) is 10.2 Å². The number of benzene rings is 1. The molecule has 22 heavy (non-hydrogen) atoms. The first-order valence-electron chi connectivity index (χ1n) is 7.90. The van der Waals surface area contributed by atoms with Crippen molar-refractivity contribution in [1.82, 2.24) is 15.5 Å². The predicted molar refractivity (Wildman–Crippen MR) is 84.6 cm³/mol. The molecule has 0 radical (unpaired) electrons. The van der Waals surface area contributed by atoms with Gasteiger partial charge in [-0.05, 0) is 29.4 Å². The Morgan fingerprint density at radius 2 is 2.09 bits per heavy atom. The Morgan fingerprint density at radius 3 is 2.82 bits per heavy atom. The van der Waals surface area contributed by atoms with Gasteiger partial charge in [-0.1, -0.05) is 38.1 Å². The highest BCUT2D eigenvalue weighted by Gasteiger charge is 2.32. The monoisotopic (exact) mass is 301 g/mol. The lowest BCUT2D eigenvalue weighted by Crippen LogP contribution is -2.39. The Kier molecular flexibility index (Phi) is 3.91. The van der Waals surface area contributed by atoms with E-state index in [2.05, 4.69) is 48.7 Å². The van der Waals surface area contributed by atoms with Gasteiger partial charge >= 0.3 is 6.03 Å². The highest BCUT2D eigenvalue weighted by Crippen LogP contribution is 2.41. The Hall–Kier alpha value is -1.88. The van der Waals surface area contributed by atoms with E-state index in [1.165, 1.54) is 16.0 Å². The number of fused-ring (bicyclic) bond motifs is 1. The molecule has 5 heteroatoms. The number of carbonyl (C=O) groups is 2. The van der Waals surface area contributed by atoms with Gasteiger partial charge in [-0.25, -0.2) is 4.79 Å². The summed E-state index contributed by atoms with van der Waals surface area (Å²) in [6, 6.07) is 8.58. The van der Waals surface area contributed by atoms with Gasteiger partial charge in [-0.3, -0.25) is 9.69 Å². The standard InChI is InChI=1S/C17H23N3O2/c1-17(2)8-7-14(12-5-3-4-6-13(12)17)18-9-10-20-15(21)11-19-16(20)22/h3-6,14,18H,7-11H2,1-2H3,(H,19,22)/t14-/m1/s1. The number of carbonyl (C=O) groups excluding carboxylic acids is 2. The number of hydrogen-bond donors (Lipinski definition) is 2. The van der Waals surface area contributed by atoms with Gasteiger partial charge in [0.2, 0.25) is 5.91 Å². The zero-order valence-electron chi connectivity index (χ0n) is 13.2. The molecule has 0 aromatic heterocycles. The summed E-state index contributed by atoms with van der Waals surface area (Å²) in [7, 11) is 0. The molecule has 0 bridgehead atoms. The Morgan fingerprint density at radius 1 is 1.32 bits per heavy atom. The van der Waals surface area contributed by atoms with E-state index in [0.29, 0.717) is 19.1 Å². The Balaban J connectivity index is 1.64. The predicted octanol–water partition coefficient (Wildman–Crippen LogP) is 1.94. The topological polar surface area (TPSA) is 61.4 Å². The average molecular weight is 301 g/mol. The Labute approximate surface area is 131 Å². The number of nitrogens with one attached hydrogen (secondary N) is 2. The third-order valence-electron chi connectivity index (χ3n) is 4.79. The lowest BCUT2D eigenvalue weighted by Gasteiger charge is -2.37. The van der Waals surface area contributed by atoms with Crippen LogP contribution < -0.4 is 10.6 Å². The van der Waals surface area contributed by atoms with Gasteiger partial charge < -0.3 is 10.6 Å². The van der Waals surface area contributed by atoms with E-state index in [0.717, 1.165) is 12.8 Å². The highest BCUT2D eigenvalue weighted by molar-refractivity contribution is 6.01. The molecule has 1 aliphatic carbocycles. The zero-order chi connectivity index (χ0) is 15.7. The molecule has 1 saturated heterocycles. The first kappa shape index (κ1) is 15.0. The molecule has 1 aliphatic heterocycles. The van der Waals surface area contributed by atoms with Gasteiger partial charge in [0.05, 0.1) is 6.54 Å². The van der Waals surface area contributed by atoms with E-state index in [4.69, 9.17) is 0 Å². The minimum atomic E-state index is -0.281. The van der Waals surface area contributed by atoms with Crippen LogP contribution in [0.5, 0.6) is 0 Å². The molecule has 1 aromatic rings. The van der Waals surface area contributed by atoms with Crippen molar-refractivity contribution in [3.63, 3.8) is 0 Å². The van der Waals surface area contributed by atoms with Crippen molar-refractivity contribution >= 4 is 11.9 Å². The van der Waals surface area contributed by atoms with Crippen LogP contribution in [-0.4, -0.2) is 36.5 Å². The minimum absolute atomic E-state index is 0.124. The second-order valence-electron chi connectivity index (χ2n) is 6.72. The number of amides is 3. The number of hydrogen-bond acceptors (Lipinski definition) is 3. The van der Waals surface area contributed by atoms with Crippen molar-refractivity contribution < 1.29 is 9.59 Å². The molecule has 1 atom stereocenters. The molecule has 2 N–H and O–H groups in total. The molecule has 1 aromatic carbocycles. The number of imide groups is 1. The molecule has 0 unspecified atom stereocenters. The third-order valence-corrected chi connectivity index (χ3v) is 4.79. The van der Waals surface area contributed by atoms with Crippen molar-refractivity contribution in [2.75, 3.05) is 19.6 Å². The van der Waals surface area contributed by atoms with E-state index in [1.807, 2.05) is 0 Å². The lowest BCUT2D eigenvalue weighted by atomic mass is 9.71. The molecule has 0 spiro atoms. The van der Waals surface area contributed by atoms with Crippen LogP contribution in [0.3, 0.4) is 0 Å². The lowest BCUT2D eigenvalue weighted by molar-refractivity contribution is -0.124. The highest BCUT2D eigenvalue weighted by atomic mass is 16.2. The van der Waals surface area contributed by atoms with Crippen molar-refractivity contribution in [2.24, 2.45) is 0 Å². The van der Waals surface area contributed by atoms with Crippen molar-refractivity contribution in [3.05, 3.63) is 35.4 Å². The fourth-order valence-electron chi connectivity index (χ4n) is 3.46. The molecule has 1 fully saturated rings. The van der Waals surface area contributed by atoms with Crippen LogP contribution >= 0.6 is 0 Å². The van der Waals surface area contributed by atoms with Gasteiger partial charge in [0, 0.05) is 19.1 Å². The molecule has 3 amide bonds. The van der Waals surface area contributed by atoms with Gasteiger partial charge in [0.25, 0.3) is 0 Å². The van der Waals surface area contributed by atoms with Gasteiger partial charge in [0.15, 0.2) is 0 Å². The summed E-state index contributed by atoms with van der Waals surface area (Å²) < 4.78 is 0. The maximum atomic E-state index is 11.6. The summed E-state index contributed by atoms with van der Waals surface area (Å²) >= 11 is 0. The molecule has 0 saturated carbocycles. The largest absolute Gasteiger partial charge is 0.329 e. The van der Waals surface area contributed by atoms with Crippen LogP contribution in [0.15, 0.2) is 24.3 Å². The fraction of sp³-hybridized carbons (Fsp3) is 0.529. The van der Waals surface area contributed by atoms with E-state index in [9.17, 15) is 9.59 Å². The molecule has 5 nitrogen and oxygen atoms in total. The van der Waals surface area contributed by atoms with Crippen molar-refractivity contribution in [2.45, 2.75) is 38.1 Å². The summed E-state index contributed by atoms with van der Waals surface area (Å²) in [5, 5.41) is 6.05. The van der Waals surface area contributed by atoms with E-state index >= 15 is 0 Å². The van der Waals surface area contributed by atoms with E-state index in [1.54, 1.807) is 0 Å². The number of nitrogens with zero attached hydrogens (tertiary/aromatic N) is 1. The summed E-state index contributed by atoms with van der Waals surface area (Å²) in [5.74, 6) is -0.142. The quantitative estimate of drug-likeness (QED) is 0.836. The molecule has 2 aliphatic rings. The second kappa shape index (κ2) is 5.72. The van der Waals surface area contributed by atoms with Crippen LogP contribution in [0.1, 0.15) is 43.9 Å². The van der Waals surface area contributed by atoms with E-state index in [-0.39, 0.29) is 23.9 Å². The smallest absolute Gasteiger partial charge is 0.324 e. The molecule has 3 rings (SSSR count). The molecular formula is C17H23N3O2. The second-order valence-corrected chi connectivity index (χ2v) is 6.72. The molecule has 118 valence electrons. The van der Waals surface area contributed by atoms with Crippen molar-refractivity contribution in [1.29, 1.82) is 0 Å². The van der Waals surface area contributed by atoms with Crippen LogP contribution in [0.4, 0.5) is 4.79 Å². The maximum Gasteiger partial charge on any atom is 0.324 e. The van der Waals surface area contributed by atoms with Gasteiger partial charge in [-0.2, -0.15) is 0 Å². The first-order chi connectivity index (χ1) is 10.5.